The highest BCUT2D eigenvalue weighted by Crippen LogP contribution is 2.19. The number of nitrogens with one attached hydrogen (secondary N) is 1. The standard InChI is InChI=1S/C24H30N2O4/c1-24(2,3)30-23(28)25-19-13-15-26(16-14-19)22(27)21-12-8-7-9-18(21)17-29-20-10-5-4-6-11-20/h4-12,19H,13-17H2,1-3H3,(H,25,28). The summed E-state index contributed by atoms with van der Waals surface area (Å²) in [6, 6.07) is 17.1. The molecule has 2 aromatic rings. The predicted molar refractivity (Wildman–Crippen MR) is 116 cm³/mol. The number of benzene rings is 2. The molecule has 1 aliphatic heterocycles. The maximum Gasteiger partial charge on any atom is 0.407 e. The predicted octanol–water partition coefficient (Wildman–Crippen LogP) is 4.39. The zero-order valence-corrected chi connectivity index (χ0v) is 17.9. The number of amides is 2. The number of likely N-dealkylation sites (tertiary alicyclic amines) is 1. The van der Waals surface area contributed by atoms with Crippen LogP contribution in [-0.2, 0) is 11.3 Å². The molecule has 0 atom stereocenters. The van der Waals surface area contributed by atoms with Crippen LogP contribution in [0.5, 0.6) is 5.75 Å². The number of hydrogen-bond acceptors (Lipinski definition) is 4. The van der Waals surface area contributed by atoms with Crippen LogP contribution < -0.4 is 10.1 Å². The van der Waals surface area contributed by atoms with Crippen LogP contribution in [0.1, 0.15) is 49.5 Å². The first kappa shape index (κ1) is 21.7. The van der Waals surface area contributed by atoms with Crippen LogP contribution in [0.15, 0.2) is 54.6 Å². The van der Waals surface area contributed by atoms with Gasteiger partial charge in [-0.1, -0.05) is 36.4 Å². The maximum absolute atomic E-state index is 13.1. The molecule has 2 aromatic carbocycles. The highest BCUT2D eigenvalue weighted by Gasteiger charge is 2.27. The monoisotopic (exact) mass is 410 g/mol. The molecule has 0 unspecified atom stereocenters. The lowest BCUT2D eigenvalue weighted by atomic mass is 10.0. The first-order valence-electron chi connectivity index (χ1n) is 10.4. The summed E-state index contributed by atoms with van der Waals surface area (Å²) in [4.78, 5) is 26.9. The van der Waals surface area contributed by atoms with E-state index in [1.54, 1.807) is 0 Å². The molecule has 160 valence electrons. The van der Waals surface area contributed by atoms with Gasteiger partial charge in [0.2, 0.25) is 0 Å². The summed E-state index contributed by atoms with van der Waals surface area (Å²) in [5, 5.41) is 2.91. The van der Waals surface area contributed by atoms with Gasteiger partial charge >= 0.3 is 6.09 Å². The summed E-state index contributed by atoms with van der Waals surface area (Å²) in [5.74, 6) is 0.770. The van der Waals surface area contributed by atoms with E-state index in [4.69, 9.17) is 9.47 Å². The molecule has 1 aliphatic rings. The van der Waals surface area contributed by atoms with Gasteiger partial charge in [-0.05, 0) is 51.8 Å². The molecular formula is C24H30N2O4. The average molecular weight is 411 g/mol. The molecule has 0 bridgehead atoms. The van der Waals surface area contributed by atoms with Gasteiger partial charge < -0.3 is 19.7 Å². The lowest BCUT2D eigenvalue weighted by molar-refractivity contribution is 0.0473. The van der Waals surface area contributed by atoms with E-state index < -0.39 is 11.7 Å². The minimum atomic E-state index is -0.522. The summed E-state index contributed by atoms with van der Waals surface area (Å²) in [6.45, 7) is 7.04. The van der Waals surface area contributed by atoms with Crippen LogP contribution in [0, 0.1) is 0 Å². The molecule has 1 fully saturated rings. The lowest BCUT2D eigenvalue weighted by Crippen LogP contribution is -2.47. The minimum absolute atomic E-state index is 0.00187. The number of ether oxygens (including phenoxy) is 2. The largest absolute Gasteiger partial charge is 0.489 e. The third-order valence-corrected chi connectivity index (χ3v) is 4.89. The Labute approximate surface area is 178 Å². The van der Waals surface area contributed by atoms with E-state index in [2.05, 4.69) is 5.32 Å². The summed E-state index contributed by atoms with van der Waals surface area (Å²) < 4.78 is 11.2. The van der Waals surface area contributed by atoms with Crippen LogP contribution in [0.25, 0.3) is 0 Å². The number of piperidine rings is 1. The third kappa shape index (κ3) is 6.24. The highest BCUT2D eigenvalue weighted by molar-refractivity contribution is 5.95. The van der Waals surface area contributed by atoms with Crippen molar-refractivity contribution in [1.29, 1.82) is 0 Å². The van der Waals surface area contributed by atoms with E-state index in [1.807, 2.05) is 80.3 Å². The van der Waals surface area contributed by atoms with E-state index >= 15 is 0 Å². The van der Waals surface area contributed by atoms with Crippen LogP contribution in [-0.4, -0.2) is 41.6 Å². The zero-order chi connectivity index (χ0) is 21.6. The summed E-state index contributed by atoms with van der Waals surface area (Å²) in [7, 11) is 0. The summed E-state index contributed by atoms with van der Waals surface area (Å²) in [5.41, 5.74) is 0.999. The van der Waals surface area contributed by atoms with Gasteiger partial charge in [0.15, 0.2) is 0 Å². The van der Waals surface area contributed by atoms with E-state index in [9.17, 15) is 9.59 Å². The van der Waals surface area contributed by atoms with E-state index in [0.29, 0.717) is 38.1 Å². The van der Waals surface area contributed by atoms with Gasteiger partial charge in [0, 0.05) is 30.3 Å². The molecule has 0 aliphatic carbocycles. The number of carbonyl (C=O) groups is 2. The zero-order valence-electron chi connectivity index (χ0n) is 17.9. The number of alkyl carbamates (subject to hydrolysis) is 1. The lowest BCUT2D eigenvalue weighted by Gasteiger charge is -2.33. The number of hydrogen-bond donors (Lipinski definition) is 1. The molecule has 0 spiro atoms. The second-order valence-electron chi connectivity index (χ2n) is 8.47. The van der Waals surface area contributed by atoms with Crippen LogP contribution in [0.4, 0.5) is 4.79 Å². The Bertz CT molecular complexity index is 853. The highest BCUT2D eigenvalue weighted by atomic mass is 16.6. The average Bonchev–Trinajstić information content (AvgIpc) is 2.72. The normalized spacial score (nSPS) is 14.8. The van der Waals surface area contributed by atoms with Crippen molar-refractivity contribution in [2.75, 3.05) is 13.1 Å². The molecule has 1 N–H and O–H groups in total. The number of nitrogens with zero attached hydrogens (tertiary/aromatic N) is 1. The van der Waals surface area contributed by atoms with Gasteiger partial charge in [-0.15, -0.1) is 0 Å². The molecule has 0 saturated carbocycles. The fraction of sp³-hybridized carbons (Fsp3) is 0.417. The van der Waals surface area contributed by atoms with Crippen molar-refractivity contribution in [3.05, 3.63) is 65.7 Å². The minimum Gasteiger partial charge on any atom is -0.489 e. The second-order valence-corrected chi connectivity index (χ2v) is 8.47. The van der Waals surface area contributed by atoms with Crippen molar-refractivity contribution in [1.82, 2.24) is 10.2 Å². The molecule has 0 aromatic heterocycles. The van der Waals surface area contributed by atoms with Crippen molar-refractivity contribution < 1.29 is 19.1 Å². The molecule has 3 rings (SSSR count). The number of para-hydroxylation sites is 1. The topological polar surface area (TPSA) is 67.9 Å². The van der Waals surface area contributed by atoms with Crippen molar-refractivity contribution in [2.45, 2.75) is 51.9 Å². The van der Waals surface area contributed by atoms with Gasteiger partial charge in [-0.3, -0.25) is 4.79 Å². The van der Waals surface area contributed by atoms with Crippen molar-refractivity contribution in [3.63, 3.8) is 0 Å². The van der Waals surface area contributed by atoms with Gasteiger partial charge in [-0.25, -0.2) is 4.79 Å². The molecule has 1 heterocycles. The van der Waals surface area contributed by atoms with E-state index in [1.165, 1.54) is 0 Å². The molecule has 6 nitrogen and oxygen atoms in total. The SMILES string of the molecule is CC(C)(C)OC(=O)NC1CCN(C(=O)c2ccccc2COc2ccccc2)CC1. The van der Waals surface area contributed by atoms with Crippen molar-refractivity contribution in [2.24, 2.45) is 0 Å². The maximum atomic E-state index is 13.1. The van der Waals surface area contributed by atoms with Gasteiger partial charge in [0.1, 0.15) is 18.0 Å². The van der Waals surface area contributed by atoms with Crippen LogP contribution in [0.2, 0.25) is 0 Å². The summed E-state index contributed by atoms with van der Waals surface area (Å²) >= 11 is 0. The Morgan fingerprint density at radius 3 is 2.30 bits per heavy atom. The van der Waals surface area contributed by atoms with Crippen LogP contribution >= 0.6 is 0 Å². The van der Waals surface area contributed by atoms with Crippen molar-refractivity contribution >= 4 is 12.0 Å². The van der Waals surface area contributed by atoms with Gasteiger partial charge in [0.25, 0.3) is 5.91 Å². The Kier molecular flexibility index (Phi) is 6.98. The smallest absolute Gasteiger partial charge is 0.407 e. The molecular weight excluding hydrogens is 380 g/mol. The molecule has 1 saturated heterocycles. The first-order chi connectivity index (χ1) is 14.3. The fourth-order valence-corrected chi connectivity index (χ4v) is 3.40. The number of rotatable bonds is 5. The Morgan fingerprint density at radius 2 is 1.63 bits per heavy atom. The van der Waals surface area contributed by atoms with E-state index in [-0.39, 0.29) is 11.9 Å². The fourth-order valence-electron chi connectivity index (χ4n) is 3.40. The second kappa shape index (κ2) is 9.65. The Balaban J connectivity index is 1.56. The molecule has 2 amide bonds. The Hall–Kier alpha value is -3.02. The van der Waals surface area contributed by atoms with E-state index in [0.717, 1.165) is 11.3 Å². The summed E-state index contributed by atoms with van der Waals surface area (Å²) in [6.07, 6.45) is 0.997. The number of carbonyl (C=O) groups excluding carboxylic acids is 2. The molecule has 30 heavy (non-hydrogen) atoms. The molecule has 6 heteroatoms. The molecule has 0 radical (unpaired) electrons. The Morgan fingerprint density at radius 1 is 1.00 bits per heavy atom. The van der Waals surface area contributed by atoms with Crippen LogP contribution in [0.3, 0.4) is 0 Å². The third-order valence-electron chi connectivity index (χ3n) is 4.89. The first-order valence-corrected chi connectivity index (χ1v) is 10.4. The van der Waals surface area contributed by atoms with Gasteiger partial charge in [0.05, 0.1) is 0 Å². The van der Waals surface area contributed by atoms with Crippen molar-refractivity contribution in [3.8, 4) is 5.75 Å². The quantitative estimate of drug-likeness (QED) is 0.794. The van der Waals surface area contributed by atoms with Gasteiger partial charge in [-0.2, -0.15) is 0 Å².